The lowest BCUT2D eigenvalue weighted by Crippen LogP contribution is -2.04. The van der Waals surface area contributed by atoms with Crippen LogP contribution in [0.3, 0.4) is 0 Å². The molecule has 0 unspecified atom stereocenters. The van der Waals surface area contributed by atoms with Crippen LogP contribution >= 0.6 is 0 Å². The molecule has 4 nitrogen and oxygen atoms in total. The lowest BCUT2D eigenvalue weighted by atomic mass is 10.0. The first kappa shape index (κ1) is 14.7. The minimum absolute atomic E-state index is 0.790. The Morgan fingerprint density at radius 3 is 2.80 bits per heavy atom. The zero-order valence-electron chi connectivity index (χ0n) is 12.6. The summed E-state index contributed by atoms with van der Waals surface area (Å²) in [5.41, 5.74) is 8.86. The van der Waals surface area contributed by atoms with Crippen molar-refractivity contribution in [3.05, 3.63) is 18.3 Å². The minimum atomic E-state index is 0.790. The van der Waals surface area contributed by atoms with Crippen molar-refractivity contribution in [2.45, 2.75) is 46.0 Å². The largest absolute Gasteiger partial charge is 0.397 e. The number of fused-ring (bicyclic) bond motifs is 1. The van der Waals surface area contributed by atoms with Crippen LogP contribution < -0.4 is 11.1 Å². The molecule has 0 spiro atoms. The van der Waals surface area contributed by atoms with Crippen LogP contribution in [0.15, 0.2) is 18.3 Å². The van der Waals surface area contributed by atoms with E-state index in [0.29, 0.717) is 0 Å². The monoisotopic (exact) mass is 274 g/mol. The Labute approximate surface area is 121 Å². The van der Waals surface area contributed by atoms with Gasteiger partial charge in [-0.15, -0.1) is 0 Å². The maximum absolute atomic E-state index is 6.04. The summed E-state index contributed by atoms with van der Waals surface area (Å²) in [6, 6.07) is 4.00. The number of nitrogens with one attached hydrogen (secondary N) is 2. The van der Waals surface area contributed by atoms with Crippen molar-refractivity contribution in [2.24, 2.45) is 5.92 Å². The smallest absolute Gasteiger partial charge is 0.0672 e. The standard InChI is InChI=1S/C16H26N4/c1-12(2)7-5-3-4-6-8-18-16-10-15-13(9-14(16)17)11-19-20-15/h9-12,18H,3-8,17H2,1-2H3,(H,19,20). The third-order valence-corrected chi connectivity index (χ3v) is 3.63. The first-order valence-corrected chi connectivity index (χ1v) is 7.63. The van der Waals surface area contributed by atoms with Crippen LogP contribution in [0.1, 0.15) is 46.0 Å². The fourth-order valence-electron chi connectivity index (χ4n) is 2.42. The number of H-pyrrole nitrogens is 1. The summed E-state index contributed by atoms with van der Waals surface area (Å²) in [5.74, 6) is 0.828. The highest BCUT2D eigenvalue weighted by Gasteiger charge is 2.03. The zero-order chi connectivity index (χ0) is 14.4. The lowest BCUT2D eigenvalue weighted by Gasteiger charge is -2.09. The third kappa shape index (κ3) is 4.15. The van der Waals surface area contributed by atoms with Gasteiger partial charge in [0.25, 0.3) is 0 Å². The highest BCUT2D eigenvalue weighted by molar-refractivity contribution is 5.88. The maximum Gasteiger partial charge on any atom is 0.0672 e. The fourth-order valence-corrected chi connectivity index (χ4v) is 2.42. The number of aromatic nitrogens is 2. The predicted octanol–water partition coefficient (Wildman–Crippen LogP) is 4.16. The molecule has 2 rings (SSSR count). The molecule has 0 aliphatic heterocycles. The van der Waals surface area contributed by atoms with Crippen molar-refractivity contribution in [1.82, 2.24) is 10.2 Å². The van der Waals surface area contributed by atoms with Crippen molar-refractivity contribution in [3.8, 4) is 0 Å². The zero-order valence-corrected chi connectivity index (χ0v) is 12.6. The molecular formula is C16H26N4. The normalized spacial score (nSPS) is 11.3. The molecule has 2 aromatic rings. The molecule has 1 heterocycles. The second-order valence-corrected chi connectivity index (χ2v) is 5.92. The van der Waals surface area contributed by atoms with Crippen molar-refractivity contribution < 1.29 is 0 Å². The number of aromatic amines is 1. The molecule has 4 heteroatoms. The van der Waals surface area contributed by atoms with E-state index in [2.05, 4.69) is 29.4 Å². The Bertz CT molecular complexity index is 530. The van der Waals surface area contributed by atoms with Gasteiger partial charge in [-0.3, -0.25) is 5.10 Å². The van der Waals surface area contributed by atoms with E-state index in [4.69, 9.17) is 5.73 Å². The maximum atomic E-state index is 6.04. The van der Waals surface area contributed by atoms with E-state index >= 15 is 0 Å². The minimum Gasteiger partial charge on any atom is -0.397 e. The Morgan fingerprint density at radius 2 is 2.00 bits per heavy atom. The molecule has 4 N–H and O–H groups in total. The average molecular weight is 274 g/mol. The first-order chi connectivity index (χ1) is 9.66. The molecule has 0 saturated heterocycles. The van der Waals surface area contributed by atoms with Gasteiger partial charge in [-0.2, -0.15) is 5.10 Å². The summed E-state index contributed by atoms with van der Waals surface area (Å²) < 4.78 is 0. The number of hydrogen-bond acceptors (Lipinski definition) is 3. The van der Waals surface area contributed by atoms with Crippen LogP contribution in [0, 0.1) is 5.92 Å². The Morgan fingerprint density at radius 1 is 1.20 bits per heavy atom. The van der Waals surface area contributed by atoms with Crippen molar-refractivity contribution in [1.29, 1.82) is 0 Å². The molecular weight excluding hydrogens is 248 g/mol. The van der Waals surface area contributed by atoms with Crippen LogP contribution in [0.25, 0.3) is 10.9 Å². The van der Waals surface area contributed by atoms with Crippen molar-refractivity contribution in [3.63, 3.8) is 0 Å². The number of nitrogen functional groups attached to an aromatic ring is 1. The first-order valence-electron chi connectivity index (χ1n) is 7.63. The Kier molecular flexibility index (Phi) is 5.27. The topological polar surface area (TPSA) is 66.7 Å². The van der Waals surface area contributed by atoms with Gasteiger partial charge >= 0.3 is 0 Å². The SMILES string of the molecule is CC(C)CCCCCCNc1cc2[nH]ncc2cc1N. The molecule has 0 aliphatic carbocycles. The summed E-state index contributed by atoms with van der Waals surface area (Å²) in [6.45, 7) is 5.55. The number of hydrogen-bond donors (Lipinski definition) is 3. The van der Waals surface area contributed by atoms with Crippen LogP contribution in [0.2, 0.25) is 0 Å². The fraction of sp³-hybridized carbons (Fsp3) is 0.562. The number of nitrogens with two attached hydrogens (primary N) is 1. The van der Waals surface area contributed by atoms with E-state index in [0.717, 1.165) is 34.7 Å². The molecule has 0 fully saturated rings. The number of nitrogens with zero attached hydrogens (tertiary/aromatic N) is 1. The van der Waals surface area contributed by atoms with Gasteiger partial charge in [0.05, 0.1) is 23.1 Å². The van der Waals surface area contributed by atoms with Gasteiger partial charge in [-0.1, -0.05) is 39.5 Å². The highest BCUT2D eigenvalue weighted by Crippen LogP contribution is 2.24. The van der Waals surface area contributed by atoms with E-state index in [1.807, 2.05) is 12.1 Å². The van der Waals surface area contributed by atoms with Gasteiger partial charge in [0.2, 0.25) is 0 Å². The van der Waals surface area contributed by atoms with Gasteiger partial charge in [-0.05, 0) is 24.5 Å². The summed E-state index contributed by atoms with van der Waals surface area (Å²) >= 11 is 0. The second-order valence-electron chi connectivity index (χ2n) is 5.92. The second kappa shape index (κ2) is 7.17. The molecule has 0 amide bonds. The van der Waals surface area contributed by atoms with Gasteiger partial charge in [0, 0.05) is 11.9 Å². The summed E-state index contributed by atoms with van der Waals surface area (Å²) in [7, 11) is 0. The predicted molar refractivity (Wildman–Crippen MR) is 86.9 cm³/mol. The number of unbranched alkanes of at least 4 members (excludes halogenated alkanes) is 3. The van der Waals surface area contributed by atoms with E-state index in [-0.39, 0.29) is 0 Å². The van der Waals surface area contributed by atoms with Gasteiger partial charge < -0.3 is 11.1 Å². The van der Waals surface area contributed by atoms with Crippen molar-refractivity contribution in [2.75, 3.05) is 17.6 Å². The lowest BCUT2D eigenvalue weighted by molar-refractivity contribution is 0.523. The molecule has 1 aromatic heterocycles. The average Bonchev–Trinajstić information content (AvgIpc) is 2.84. The van der Waals surface area contributed by atoms with Crippen molar-refractivity contribution >= 4 is 22.3 Å². The van der Waals surface area contributed by atoms with E-state index < -0.39 is 0 Å². The summed E-state index contributed by atoms with van der Waals surface area (Å²) in [4.78, 5) is 0. The number of benzene rings is 1. The molecule has 0 aliphatic rings. The quantitative estimate of drug-likeness (QED) is 0.500. The third-order valence-electron chi connectivity index (χ3n) is 3.63. The van der Waals surface area contributed by atoms with Gasteiger partial charge in [0.15, 0.2) is 0 Å². The molecule has 1 aromatic carbocycles. The number of rotatable bonds is 8. The summed E-state index contributed by atoms with van der Waals surface area (Å²) in [6.07, 6.45) is 8.29. The van der Waals surface area contributed by atoms with Crippen LogP contribution in [-0.2, 0) is 0 Å². The molecule has 110 valence electrons. The molecule has 0 saturated carbocycles. The molecule has 0 bridgehead atoms. The van der Waals surface area contributed by atoms with Crippen LogP contribution in [0.5, 0.6) is 0 Å². The van der Waals surface area contributed by atoms with Gasteiger partial charge in [-0.25, -0.2) is 0 Å². The molecule has 0 atom stereocenters. The van der Waals surface area contributed by atoms with Gasteiger partial charge in [0.1, 0.15) is 0 Å². The van der Waals surface area contributed by atoms with Crippen LogP contribution in [-0.4, -0.2) is 16.7 Å². The highest BCUT2D eigenvalue weighted by atomic mass is 15.1. The molecule has 20 heavy (non-hydrogen) atoms. The number of anilines is 2. The Balaban J connectivity index is 1.71. The Hall–Kier alpha value is -1.71. The summed E-state index contributed by atoms with van der Waals surface area (Å²) in [5, 5.41) is 11.5. The van der Waals surface area contributed by atoms with E-state index in [1.54, 1.807) is 6.20 Å². The van der Waals surface area contributed by atoms with Crippen LogP contribution in [0.4, 0.5) is 11.4 Å². The molecule has 0 radical (unpaired) electrons. The van der Waals surface area contributed by atoms with E-state index in [9.17, 15) is 0 Å². The van der Waals surface area contributed by atoms with E-state index in [1.165, 1.54) is 32.1 Å².